The van der Waals surface area contributed by atoms with Crippen molar-refractivity contribution in [3.05, 3.63) is 41.7 Å². The number of nitrogens with zero attached hydrogens (tertiary/aromatic N) is 3. The quantitative estimate of drug-likeness (QED) is 0.794. The summed E-state index contributed by atoms with van der Waals surface area (Å²) in [6.07, 6.45) is 6.04. The predicted molar refractivity (Wildman–Crippen MR) is 76.7 cm³/mol. The van der Waals surface area contributed by atoms with Gasteiger partial charge in [-0.3, -0.25) is 4.57 Å². The molecular weight excluding hydrogens is 277 g/mol. The standard InChI is InChI=1S/C15H17ClFN3/c16-10-14-18-19-15(11-4-2-1-3-5-11)20(14)13-8-6-12(17)7-9-13/h6-9,11H,1-5,10H2. The Bertz CT molecular complexity index is 573. The largest absolute Gasteiger partial charge is 0.282 e. The smallest absolute Gasteiger partial charge is 0.152 e. The van der Waals surface area contributed by atoms with Crippen LogP contribution in [0.4, 0.5) is 4.39 Å². The molecule has 0 unspecified atom stereocenters. The Morgan fingerprint density at radius 1 is 1.10 bits per heavy atom. The van der Waals surface area contributed by atoms with Crippen molar-refractivity contribution in [1.29, 1.82) is 0 Å². The number of hydrogen-bond acceptors (Lipinski definition) is 2. The maximum absolute atomic E-state index is 13.1. The molecule has 3 rings (SSSR count). The van der Waals surface area contributed by atoms with Gasteiger partial charge in [0.05, 0.1) is 5.88 Å². The molecule has 1 aliphatic rings. The Morgan fingerprint density at radius 2 is 1.80 bits per heavy atom. The Hall–Kier alpha value is -1.42. The molecule has 0 radical (unpaired) electrons. The summed E-state index contributed by atoms with van der Waals surface area (Å²) in [5.41, 5.74) is 0.882. The maximum Gasteiger partial charge on any atom is 0.152 e. The van der Waals surface area contributed by atoms with Crippen molar-refractivity contribution in [2.24, 2.45) is 0 Å². The van der Waals surface area contributed by atoms with Crippen LogP contribution < -0.4 is 0 Å². The van der Waals surface area contributed by atoms with E-state index in [-0.39, 0.29) is 5.82 Å². The topological polar surface area (TPSA) is 30.7 Å². The van der Waals surface area contributed by atoms with Gasteiger partial charge in [0.1, 0.15) is 11.6 Å². The highest BCUT2D eigenvalue weighted by Gasteiger charge is 2.23. The fraction of sp³-hybridized carbons (Fsp3) is 0.467. The first-order valence-corrected chi connectivity index (χ1v) is 7.59. The second-order valence-corrected chi connectivity index (χ2v) is 5.52. The van der Waals surface area contributed by atoms with Crippen molar-refractivity contribution in [2.75, 3.05) is 0 Å². The Labute approximate surface area is 122 Å². The molecule has 1 aromatic heterocycles. The fourth-order valence-electron chi connectivity index (χ4n) is 2.91. The van der Waals surface area contributed by atoms with Crippen LogP contribution in [-0.4, -0.2) is 14.8 Å². The zero-order valence-corrected chi connectivity index (χ0v) is 12.0. The first-order chi connectivity index (χ1) is 9.79. The highest BCUT2D eigenvalue weighted by atomic mass is 35.5. The van der Waals surface area contributed by atoms with Gasteiger partial charge >= 0.3 is 0 Å². The van der Waals surface area contributed by atoms with Crippen LogP contribution in [0.2, 0.25) is 0 Å². The second kappa shape index (κ2) is 5.92. The molecule has 20 heavy (non-hydrogen) atoms. The predicted octanol–water partition coefficient (Wildman–Crippen LogP) is 4.19. The third-order valence-electron chi connectivity index (χ3n) is 3.93. The van der Waals surface area contributed by atoms with Gasteiger partial charge in [-0.25, -0.2) is 4.39 Å². The lowest BCUT2D eigenvalue weighted by Crippen LogP contribution is -2.12. The molecule has 106 valence electrons. The molecule has 5 heteroatoms. The maximum atomic E-state index is 13.1. The monoisotopic (exact) mass is 293 g/mol. The zero-order chi connectivity index (χ0) is 13.9. The van der Waals surface area contributed by atoms with E-state index in [4.69, 9.17) is 11.6 Å². The lowest BCUT2D eigenvalue weighted by atomic mass is 9.88. The summed E-state index contributed by atoms with van der Waals surface area (Å²) in [5.74, 6) is 2.18. The van der Waals surface area contributed by atoms with Gasteiger partial charge in [0.2, 0.25) is 0 Å². The van der Waals surface area contributed by atoms with Gasteiger partial charge in [0.15, 0.2) is 5.82 Å². The van der Waals surface area contributed by atoms with Gasteiger partial charge < -0.3 is 0 Å². The molecule has 3 nitrogen and oxygen atoms in total. The van der Waals surface area contributed by atoms with Crippen molar-refractivity contribution >= 4 is 11.6 Å². The Kier molecular flexibility index (Phi) is 4.01. The van der Waals surface area contributed by atoms with Crippen LogP contribution >= 0.6 is 11.6 Å². The highest BCUT2D eigenvalue weighted by Crippen LogP contribution is 2.33. The van der Waals surface area contributed by atoms with Crippen LogP contribution in [0.1, 0.15) is 49.7 Å². The van der Waals surface area contributed by atoms with Crippen molar-refractivity contribution in [3.8, 4) is 5.69 Å². The number of benzene rings is 1. The van der Waals surface area contributed by atoms with E-state index in [0.29, 0.717) is 11.8 Å². The third-order valence-corrected chi connectivity index (χ3v) is 4.17. The van der Waals surface area contributed by atoms with Crippen LogP contribution in [0.3, 0.4) is 0 Å². The molecule has 1 fully saturated rings. The highest BCUT2D eigenvalue weighted by molar-refractivity contribution is 6.16. The van der Waals surface area contributed by atoms with Gasteiger partial charge in [-0.05, 0) is 37.1 Å². The molecule has 0 amide bonds. The Morgan fingerprint density at radius 3 is 2.45 bits per heavy atom. The summed E-state index contributed by atoms with van der Waals surface area (Å²) in [6, 6.07) is 6.41. The molecule has 0 spiro atoms. The number of alkyl halides is 1. The molecule has 2 aromatic rings. The average Bonchev–Trinajstić information content (AvgIpc) is 2.93. The summed E-state index contributed by atoms with van der Waals surface area (Å²) in [6.45, 7) is 0. The zero-order valence-electron chi connectivity index (χ0n) is 11.2. The molecule has 1 heterocycles. The van der Waals surface area contributed by atoms with Crippen LogP contribution in [0.5, 0.6) is 0 Å². The molecule has 1 saturated carbocycles. The average molecular weight is 294 g/mol. The lowest BCUT2D eigenvalue weighted by molar-refractivity contribution is 0.424. The molecule has 1 aromatic carbocycles. The number of hydrogen-bond donors (Lipinski definition) is 0. The summed E-state index contributed by atoms with van der Waals surface area (Å²) >= 11 is 5.97. The van der Waals surface area contributed by atoms with E-state index in [1.165, 1.54) is 31.4 Å². The minimum Gasteiger partial charge on any atom is -0.282 e. The van der Waals surface area contributed by atoms with Crippen molar-refractivity contribution in [3.63, 3.8) is 0 Å². The van der Waals surface area contributed by atoms with Crippen LogP contribution in [0.15, 0.2) is 24.3 Å². The van der Waals surface area contributed by atoms with E-state index in [1.54, 1.807) is 12.1 Å². The van der Waals surface area contributed by atoms with Gasteiger partial charge in [0, 0.05) is 11.6 Å². The van der Waals surface area contributed by atoms with Crippen LogP contribution in [0.25, 0.3) is 5.69 Å². The third kappa shape index (κ3) is 2.57. The van der Waals surface area contributed by atoms with E-state index in [0.717, 1.165) is 30.2 Å². The van der Waals surface area contributed by atoms with Gasteiger partial charge in [-0.1, -0.05) is 19.3 Å². The van der Waals surface area contributed by atoms with E-state index < -0.39 is 0 Å². The molecule has 0 N–H and O–H groups in total. The van der Waals surface area contributed by atoms with Crippen LogP contribution in [0, 0.1) is 5.82 Å². The number of rotatable bonds is 3. The van der Waals surface area contributed by atoms with Gasteiger partial charge in [0.25, 0.3) is 0 Å². The van der Waals surface area contributed by atoms with Crippen molar-refractivity contribution in [1.82, 2.24) is 14.8 Å². The summed E-state index contributed by atoms with van der Waals surface area (Å²) in [7, 11) is 0. The van der Waals surface area contributed by atoms with Crippen LogP contribution in [-0.2, 0) is 5.88 Å². The minimum atomic E-state index is -0.242. The first kappa shape index (κ1) is 13.6. The SMILES string of the molecule is Fc1ccc(-n2c(CCl)nnc2C2CCCCC2)cc1. The van der Waals surface area contributed by atoms with E-state index >= 15 is 0 Å². The van der Waals surface area contributed by atoms with E-state index in [9.17, 15) is 4.39 Å². The molecular formula is C15H17ClFN3. The lowest BCUT2D eigenvalue weighted by Gasteiger charge is -2.22. The van der Waals surface area contributed by atoms with Crippen molar-refractivity contribution in [2.45, 2.75) is 43.9 Å². The van der Waals surface area contributed by atoms with E-state index in [1.807, 2.05) is 4.57 Å². The van der Waals surface area contributed by atoms with Gasteiger partial charge in [-0.15, -0.1) is 21.8 Å². The van der Waals surface area contributed by atoms with Crippen molar-refractivity contribution < 1.29 is 4.39 Å². The fourth-order valence-corrected chi connectivity index (χ4v) is 3.09. The van der Waals surface area contributed by atoms with E-state index in [2.05, 4.69) is 10.2 Å². The molecule has 0 bridgehead atoms. The summed E-state index contributed by atoms with van der Waals surface area (Å²) in [5, 5.41) is 8.54. The summed E-state index contributed by atoms with van der Waals surface area (Å²) in [4.78, 5) is 0. The molecule has 0 aliphatic heterocycles. The first-order valence-electron chi connectivity index (χ1n) is 7.05. The number of aromatic nitrogens is 3. The molecule has 0 saturated heterocycles. The Balaban J connectivity index is 2.02. The molecule has 0 atom stereocenters. The number of halogens is 2. The molecule has 1 aliphatic carbocycles. The second-order valence-electron chi connectivity index (χ2n) is 5.25. The van der Waals surface area contributed by atoms with Gasteiger partial charge in [-0.2, -0.15) is 0 Å². The summed E-state index contributed by atoms with van der Waals surface area (Å²) < 4.78 is 15.1. The normalized spacial score (nSPS) is 16.5. The minimum absolute atomic E-state index is 0.242.